The number of nitrogens with one attached hydrogen (secondary N) is 2. The normalized spacial score (nSPS) is 12.9. The van der Waals surface area contributed by atoms with Crippen molar-refractivity contribution in [3.63, 3.8) is 0 Å². The maximum Gasteiger partial charge on any atom is 0.319 e. The predicted molar refractivity (Wildman–Crippen MR) is 95.5 cm³/mol. The summed E-state index contributed by atoms with van der Waals surface area (Å²) >= 11 is 0. The van der Waals surface area contributed by atoms with Crippen molar-refractivity contribution >= 4 is 17.4 Å². The maximum absolute atomic E-state index is 12.1. The Labute approximate surface area is 145 Å². The van der Waals surface area contributed by atoms with E-state index in [0.717, 1.165) is 5.56 Å². The first kappa shape index (κ1) is 18.4. The third kappa shape index (κ3) is 5.02. The fraction of sp³-hybridized carbons (Fsp3) is 0.278. The summed E-state index contributed by atoms with van der Waals surface area (Å²) in [5, 5.41) is 26.5. The molecule has 0 aliphatic rings. The van der Waals surface area contributed by atoms with E-state index in [4.69, 9.17) is 0 Å². The molecule has 0 bridgehead atoms. The van der Waals surface area contributed by atoms with Gasteiger partial charge in [0.2, 0.25) is 0 Å². The van der Waals surface area contributed by atoms with Crippen molar-refractivity contribution in [1.29, 1.82) is 0 Å². The Kier molecular flexibility index (Phi) is 6.08. The van der Waals surface area contributed by atoms with E-state index in [2.05, 4.69) is 10.6 Å². The second kappa shape index (κ2) is 8.25. The van der Waals surface area contributed by atoms with Crippen molar-refractivity contribution in [2.45, 2.75) is 32.4 Å². The van der Waals surface area contributed by atoms with Crippen LogP contribution in [0.5, 0.6) is 0 Å². The molecule has 0 aliphatic heterocycles. The molecule has 7 nitrogen and oxygen atoms in total. The number of carbonyl (C=O) groups excluding carboxylic acids is 1. The number of nitrogens with zero attached hydrogens (tertiary/aromatic N) is 1. The highest BCUT2D eigenvalue weighted by Gasteiger charge is 2.17. The van der Waals surface area contributed by atoms with Gasteiger partial charge in [0.05, 0.1) is 22.3 Å². The lowest BCUT2D eigenvalue weighted by atomic mass is 10.0. The lowest BCUT2D eigenvalue weighted by Gasteiger charge is -2.19. The smallest absolute Gasteiger partial charge is 0.319 e. The van der Waals surface area contributed by atoms with Crippen LogP contribution >= 0.6 is 0 Å². The van der Waals surface area contributed by atoms with E-state index in [1.54, 1.807) is 19.9 Å². The largest absolute Gasteiger partial charge is 0.388 e. The number of amides is 2. The van der Waals surface area contributed by atoms with E-state index in [1.165, 1.54) is 12.1 Å². The summed E-state index contributed by atoms with van der Waals surface area (Å²) in [5.41, 5.74) is 1.50. The van der Waals surface area contributed by atoms with E-state index in [1.807, 2.05) is 30.3 Å². The highest BCUT2D eigenvalue weighted by Crippen LogP contribution is 2.25. The SMILES string of the molecule is Cc1c(NC(=O)NC(C)CC(O)c2ccccc2)cccc1[N+](=O)[O-]. The third-order valence-electron chi connectivity index (χ3n) is 3.89. The molecule has 0 aliphatic carbocycles. The van der Waals surface area contributed by atoms with E-state index >= 15 is 0 Å². The quantitative estimate of drug-likeness (QED) is 0.551. The molecule has 0 saturated carbocycles. The average Bonchev–Trinajstić information content (AvgIpc) is 2.57. The Hall–Kier alpha value is -2.93. The lowest BCUT2D eigenvalue weighted by molar-refractivity contribution is -0.385. The van der Waals surface area contributed by atoms with Gasteiger partial charge in [-0.25, -0.2) is 4.79 Å². The van der Waals surface area contributed by atoms with Crippen molar-refractivity contribution in [1.82, 2.24) is 5.32 Å². The molecule has 0 spiro atoms. The first-order valence-electron chi connectivity index (χ1n) is 7.93. The van der Waals surface area contributed by atoms with Gasteiger partial charge in [0, 0.05) is 12.1 Å². The molecule has 2 atom stereocenters. The Morgan fingerprint density at radius 2 is 1.88 bits per heavy atom. The standard InChI is InChI=1S/C18H21N3O4/c1-12(11-17(22)14-7-4-3-5-8-14)19-18(23)20-15-9-6-10-16(13(15)2)21(24)25/h3-10,12,17,22H,11H2,1-2H3,(H2,19,20,23). The minimum atomic E-state index is -0.684. The van der Waals surface area contributed by atoms with Crippen LogP contribution in [0.25, 0.3) is 0 Å². The van der Waals surface area contributed by atoms with Gasteiger partial charge in [-0.3, -0.25) is 10.1 Å². The average molecular weight is 343 g/mol. The fourth-order valence-corrected chi connectivity index (χ4v) is 2.54. The van der Waals surface area contributed by atoms with Crippen molar-refractivity contribution in [2.24, 2.45) is 0 Å². The van der Waals surface area contributed by atoms with Gasteiger partial charge in [-0.1, -0.05) is 36.4 Å². The number of benzene rings is 2. The van der Waals surface area contributed by atoms with E-state index in [9.17, 15) is 20.0 Å². The van der Waals surface area contributed by atoms with Crippen LogP contribution in [0.1, 0.15) is 30.6 Å². The fourth-order valence-electron chi connectivity index (χ4n) is 2.54. The van der Waals surface area contributed by atoms with E-state index in [-0.39, 0.29) is 11.7 Å². The van der Waals surface area contributed by atoms with Crippen LogP contribution in [0.15, 0.2) is 48.5 Å². The molecule has 2 amide bonds. The van der Waals surface area contributed by atoms with Gasteiger partial charge in [0.15, 0.2) is 0 Å². The number of urea groups is 1. The molecular weight excluding hydrogens is 322 g/mol. The summed E-state index contributed by atoms with van der Waals surface area (Å²) in [5.74, 6) is 0. The molecule has 2 aromatic rings. The van der Waals surface area contributed by atoms with Gasteiger partial charge in [0.1, 0.15) is 0 Å². The van der Waals surface area contributed by atoms with Gasteiger partial charge in [0.25, 0.3) is 5.69 Å². The van der Waals surface area contributed by atoms with Gasteiger partial charge in [-0.15, -0.1) is 0 Å². The number of hydrogen-bond donors (Lipinski definition) is 3. The van der Waals surface area contributed by atoms with Crippen LogP contribution in [-0.4, -0.2) is 22.1 Å². The topological polar surface area (TPSA) is 104 Å². The van der Waals surface area contributed by atoms with Gasteiger partial charge >= 0.3 is 6.03 Å². The van der Waals surface area contributed by atoms with Crippen LogP contribution in [0.3, 0.4) is 0 Å². The Morgan fingerprint density at radius 1 is 1.20 bits per heavy atom. The summed E-state index contributed by atoms with van der Waals surface area (Å²) in [6.07, 6.45) is -0.332. The number of carbonyl (C=O) groups is 1. The van der Waals surface area contributed by atoms with Crippen molar-refractivity contribution in [3.8, 4) is 0 Å². The lowest BCUT2D eigenvalue weighted by Crippen LogP contribution is -2.37. The summed E-state index contributed by atoms with van der Waals surface area (Å²) < 4.78 is 0. The van der Waals surface area contributed by atoms with E-state index < -0.39 is 17.1 Å². The van der Waals surface area contributed by atoms with Crippen molar-refractivity contribution in [2.75, 3.05) is 5.32 Å². The first-order chi connectivity index (χ1) is 11.9. The van der Waals surface area contributed by atoms with Gasteiger partial charge < -0.3 is 15.7 Å². The minimum Gasteiger partial charge on any atom is -0.388 e. The number of hydrogen-bond acceptors (Lipinski definition) is 4. The molecule has 0 aromatic heterocycles. The minimum absolute atomic E-state index is 0.0506. The highest BCUT2D eigenvalue weighted by molar-refractivity contribution is 5.90. The second-order valence-electron chi connectivity index (χ2n) is 5.87. The summed E-state index contributed by atoms with van der Waals surface area (Å²) in [7, 11) is 0. The number of nitro groups is 1. The number of nitro benzene ring substituents is 1. The predicted octanol–water partition coefficient (Wildman–Crippen LogP) is 3.54. The molecule has 0 fully saturated rings. The first-order valence-corrected chi connectivity index (χ1v) is 7.93. The third-order valence-corrected chi connectivity index (χ3v) is 3.89. The second-order valence-corrected chi connectivity index (χ2v) is 5.87. The number of aliphatic hydroxyl groups excluding tert-OH is 1. The highest BCUT2D eigenvalue weighted by atomic mass is 16.6. The van der Waals surface area contributed by atoms with Crippen LogP contribution in [0.2, 0.25) is 0 Å². The molecule has 2 aromatic carbocycles. The number of anilines is 1. The molecule has 0 radical (unpaired) electrons. The molecular formula is C18H21N3O4. The molecule has 7 heteroatoms. The monoisotopic (exact) mass is 343 g/mol. The van der Waals surface area contributed by atoms with E-state index in [0.29, 0.717) is 17.7 Å². The van der Waals surface area contributed by atoms with Crippen LogP contribution < -0.4 is 10.6 Å². The molecule has 3 N–H and O–H groups in total. The van der Waals surface area contributed by atoms with Crippen LogP contribution in [-0.2, 0) is 0 Å². The molecule has 0 heterocycles. The van der Waals surface area contributed by atoms with Crippen molar-refractivity contribution in [3.05, 3.63) is 69.8 Å². The maximum atomic E-state index is 12.1. The zero-order valence-electron chi connectivity index (χ0n) is 14.1. The number of aliphatic hydroxyl groups is 1. The summed E-state index contributed by atoms with van der Waals surface area (Å²) in [6, 6.07) is 12.9. The van der Waals surface area contributed by atoms with Gasteiger partial charge in [-0.2, -0.15) is 0 Å². The van der Waals surface area contributed by atoms with Crippen LogP contribution in [0, 0.1) is 17.0 Å². The number of rotatable bonds is 6. The van der Waals surface area contributed by atoms with Crippen molar-refractivity contribution < 1.29 is 14.8 Å². The molecule has 132 valence electrons. The summed E-state index contributed by atoms with van der Waals surface area (Å²) in [6.45, 7) is 3.36. The Morgan fingerprint density at radius 3 is 2.52 bits per heavy atom. The molecule has 0 saturated heterocycles. The molecule has 25 heavy (non-hydrogen) atoms. The molecule has 2 rings (SSSR count). The Balaban J connectivity index is 1.94. The zero-order valence-corrected chi connectivity index (χ0v) is 14.1. The van der Waals surface area contributed by atoms with Gasteiger partial charge in [-0.05, 0) is 31.9 Å². The molecule has 2 unspecified atom stereocenters. The van der Waals surface area contributed by atoms with Crippen LogP contribution in [0.4, 0.5) is 16.2 Å². The summed E-state index contributed by atoms with van der Waals surface area (Å²) in [4.78, 5) is 22.6. The zero-order chi connectivity index (χ0) is 18.4. The Bertz CT molecular complexity index is 749.